The van der Waals surface area contributed by atoms with Crippen molar-refractivity contribution in [2.45, 2.75) is 12.2 Å². The molecule has 0 heterocycles. The Hall–Kier alpha value is -0.190. The fourth-order valence-corrected chi connectivity index (χ4v) is 0.453. The minimum Gasteiger partial charge on any atom is -0.394 e. The molecule has 0 saturated heterocycles. The van der Waals surface area contributed by atoms with Crippen LogP contribution >= 0.6 is 0 Å². The van der Waals surface area contributed by atoms with Crippen molar-refractivity contribution in [2.75, 3.05) is 20.4 Å². The van der Waals surface area contributed by atoms with Crippen molar-refractivity contribution in [2.24, 2.45) is 0 Å². The topological polar surface area (TPSA) is 49.7 Å². The van der Waals surface area contributed by atoms with Gasteiger partial charge in [0.05, 0.1) is 6.61 Å². The molecule has 3 nitrogen and oxygen atoms in total. The van der Waals surface area contributed by atoms with E-state index in [1.54, 1.807) is 0 Å². The first-order valence-corrected chi connectivity index (χ1v) is 2.64. The summed E-state index contributed by atoms with van der Waals surface area (Å²) in [5.41, 5.74) is 0. The highest BCUT2D eigenvalue weighted by atomic mass is 19.1. The van der Waals surface area contributed by atoms with Crippen LogP contribution in [0.4, 0.5) is 4.39 Å². The van der Waals surface area contributed by atoms with E-state index >= 15 is 0 Å². The molecule has 0 saturated carbocycles. The molecule has 0 amide bonds. The number of hydrogen-bond donors (Lipinski definition) is 2. The van der Waals surface area contributed by atoms with Crippen molar-refractivity contribution in [3.63, 3.8) is 0 Å². The van der Waals surface area contributed by atoms with Gasteiger partial charge in [0.15, 0.2) is 0 Å². The summed E-state index contributed by atoms with van der Waals surface area (Å²) in [6.07, 6.45) is -2.00. The third-order valence-electron chi connectivity index (χ3n) is 1.07. The van der Waals surface area contributed by atoms with Crippen LogP contribution in [0.1, 0.15) is 0 Å². The van der Waals surface area contributed by atoms with Gasteiger partial charge in [-0.3, -0.25) is 0 Å². The number of aliphatic hydroxyl groups is 2. The second kappa shape index (κ2) is 4.67. The molecule has 0 spiro atoms. The maximum absolute atomic E-state index is 11.6. The third-order valence-corrected chi connectivity index (χ3v) is 1.07. The highest BCUT2D eigenvalue weighted by molar-refractivity contribution is 4.65. The Labute approximate surface area is 53.1 Å². The van der Waals surface area contributed by atoms with Gasteiger partial charge in [0, 0.05) is 7.11 Å². The second-order valence-electron chi connectivity index (χ2n) is 1.68. The number of ether oxygens (including phenoxy) is 1. The van der Waals surface area contributed by atoms with E-state index in [1.807, 2.05) is 0 Å². The molecule has 4 heteroatoms. The van der Waals surface area contributed by atoms with Gasteiger partial charge in [0.1, 0.15) is 18.9 Å². The molecule has 0 rings (SSSR count). The van der Waals surface area contributed by atoms with E-state index in [9.17, 15) is 4.39 Å². The van der Waals surface area contributed by atoms with Crippen molar-refractivity contribution in [3.8, 4) is 0 Å². The highest BCUT2D eigenvalue weighted by Crippen LogP contribution is 1.96. The van der Waals surface area contributed by atoms with Crippen molar-refractivity contribution < 1.29 is 19.3 Å². The molecule has 56 valence electrons. The number of halogens is 1. The molecule has 0 aliphatic heterocycles. The minimum atomic E-state index is -1.21. The predicted molar refractivity (Wildman–Crippen MR) is 29.9 cm³/mol. The molecule has 0 aromatic carbocycles. The SMILES string of the molecule is CO[C@H](CO)C(O)CF. The lowest BCUT2D eigenvalue weighted by Gasteiger charge is -2.15. The van der Waals surface area contributed by atoms with Crippen LogP contribution in [-0.4, -0.2) is 42.8 Å². The average Bonchev–Trinajstić information content (AvgIpc) is 1.90. The Morgan fingerprint density at radius 1 is 1.67 bits per heavy atom. The molecule has 0 fully saturated rings. The van der Waals surface area contributed by atoms with Crippen LogP contribution in [-0.2, 0) is 4.74 Å². The molecule has 2 N–H and O–H groups in total. The lowest BCUT2D eigenvalue weighted by Crippen LogP contribution is -2.32. The monoisotopic (exact) mass is 138 g/mol. The van der Waals surface area contributed by atoms with Crippen LogP contribution in [0.25, 0.3) is 0 Å². The molecule has 0 aromatic rings. The predicted octanol–water partition coefficient (Wildman–Crippen LogP) is -0.676. The van der Waals surface area contributed by atoms with Crippen LogP contribution < -0.4 is 0 Å². The molecular formula is C5H11FO3. The minimum absolute atomic E-state index is 0.360. The average molecular weight is 138 g/mol. The van der Waals surface area contributed by atoms with Crippen molar-refractivity contribution in [3.05, 3.63) is 0 Å². The largest absolute Gasteiger partial charge is 0.394 e. The number of methoxy groups -OCH3 is 1. The molecule has 9 heavy (non-hydrogen) atoms. The molecule has 0 radical (unpaired) electrons. The number of rotatable bonds is 4. The first-order chi connectivity index (χ1) is 4.26. The van der Waals surface area contributed by atoms with E-state index < -0.39 is 18.9 Å². The Balaban J connectivity index is 3.50. The quantitative estimate of drug-likeness (QED) is 0.541. The molecular weight excluding hydrogens is 127 g/mol. The maximum Gasteiger partial charge on any atom is 0.118 e. The van der Waals surface area contributed by atoms with Crippen molar-refractivity contribution in [1.82, 2.24) is 0 Å². The Morgan fingerprint density at radius 3 is 2.33 bits per heavy atom. The van der Waals surface area contributed by atoms with Gasteiger partial charge in [-0.15, -0.1) is 0 Å². The lowest BCUT2D eigenvalue weighted by atomic mass is 10.2. The van der Waals surface area contributed by atoms with Crippen LogP contribution in [0.5, 0.6) is 0 Å². The fraction of sp³-hybridized carbons (Fsp3) is 1.00. The van der Waals surface area contributed by atoms with Gasteiger partial charge in [0.25, 0.3) is 0 Å². The number of aliphatic hydroxyl groups excluding tert-OH is 2. The Kier molecular flexibility index (Phi) is 4.57. The van der Waals surface area contributed by atoms with Crippen LogP contribution in [0.2, 0.25) is 0 Å². The van der Waals surface area contributed by atoms with E-state index in [2.05, 4.69) is 4.74 Å². The number of alkyl halides is 1. The summed E-state index contributed by atoms with van der Waals surface area (Å²) in [5.74, 6) is 0. The van der Waals surface area contributed by atoms with Gasteiger partial charge in [-0.25, -0.2) is 4.39 Å². The van der Waals surface area contributed by atoms with E-state index in [0.29, 0.717) is 0 Å². The summed E-state index contributed by atoms with van der Waals surface area (Å²) in [7, 11) is 1.31. The zero-order chi connectivity index (χ0) is 7.28. The smallest absolute Gasteiger partial charge is 0.118 e. The summed E-state index contributed by atoms with van der Waals surface area (Å²) in [5, 5.41) is 17.0. The number of hydrogen-bond acceptors (Lipinski definition) is 3. The first kappa shape index (κ1) is 8.81. The standard InChI is InChI=1S/C5H11FO3/c1-9-5(3-7)4(8)2-6/h4-5,7-8H,2-3H2,1H3/t4?,5-/m1/s1. The molecule has 2 atom stereocenters. The van der Waals surface area contributed by atoms with E-state index in [-0.39, 0.29) is 6.61 Å². The Bertz CT molecular complexity index is 65.2. The lowest BCUT2D eigenvalue weighted by molar-refractivity contribution is -0.0490. The van der Waals surface area contributed by atoms with Gasteiger partial charge in [-0.05, 0) is 0 Å². The van der Waals surface area contributed by atoms with Gasteiger partial charge in [-0.2, -0.15) is 0 Å². The van der Waals surface area contributed by atoms with Crippen molar-refractivity contribution >= 4 is 0 Å². The molecule has 0 aliphatic rings. The third kappa shape index (κ3) is 2.74. The zero-order valence-corrected chi connectivity index (χ0v) is 5.25. The molecule has 0 aromatic heterocycles. The van der Waals surface area contributed by atoms with Gasteiger partial charge in [0.2, 0.25) is 0 Å². The van der Waals surface area contributed by atoms with E-state index in [0.717, 1.165) is 0 Å². The molecule has 1 unspecified atom stereocenters. The molecule has 0 bridgehead atoms. The van der Waals surface area contributed by atoms with Gasteiger partial charge >= 0.3 is 0 Å². The van der Waals surface area contributed by atoms with Gasteiger partial charge in [-0.1, -0.05) is 0 Å². The van der Waals surface area contributed by atoms with Gasteiger partial charge < -0.3 is 14.9 Å². The van der Waals surface area contributed by atoms with Crippen LogP contribution in [0.15, 0.2) is 0 Å². The highest BCUT2D eigenvalue weighted by Gasteiger charge is 2.16. The van der Waals surface area contributed by atoms with E-state index in [1.165, 1.54) is 7.11 Å². The van der Waals surface area contributed by atoms with Crippen LogP contribution in [0, 0.1) is 0 Å². The summed E-state index contributed by atoms with van der Waals surface area (Å²) >= 11 is 0. The summed E-state index contributed by atoms with van der Waals surface area (Å²) in [6, 6.07) is 0. The fourth-order valence-electron chi connectivity index (χ4n) is 0.453. The van der Waals surface area contributed by atoms with Crippen LogP contribution in [0.3, 0.4) is 0 Å². The molecule has 0 aliphatic carbocycles. The Morgan fingerprint density at radius 2 is 2.22 bits per heavy atom. The summed E-state index contributed by atoms with van der Waals surface area (Å²) in [4.78, 5) is 0. The second-order valence-corrected chi connectivity index (χ2v) is 1.68. The maximum atomic E-state index is 11.6. The normalized spacial score (nSPS) is 17.3. The zero-order valence-electron chi connectivity index (χ0n) is 5.25. The first-order valence-electron chi connectivity index (χ1n) is 2.64. The summed E-state index contributed by atoms with van der Waals surface area (Å²) < 4.78 is 16.1. The van der Waals surface area contributed by atoms with Crippen molar-refractivity contribution in [1.29, 1.82) is 0 Å². The summed E-state index contributed by atoms with van der Waals surface area (Å²) in [6.45, 7) is -1.25. The van der Waals surface area contributed by atoms with E-state index in [4.69, 9.17) is 10.2 Å².